The average Bonchev–Trinajstić information content (AvgIpc) is 2.83. The van der Waals surface area contributed by atoms with Crippen LogP contribution in [0.4, 0.5) is 4.39 Å². The fraction of sp³-hybridized carbons (Fsp3) is 0.250. The van der Waals surface area contributed by atoms with Crippen molar-refractivity contribution in [3.05, 3.63) is 47.5 Å². The molecule has 0 aliphatic heterocycles. The van der Waals surface area contributed by atoms with Crippen molar-refractivity contribution in [2.24, 2.45) is 12.8 Å². The molecule has 1 heterocycles. The predicted octanol–water partition coefficient (Wildman–Crippen LogP) is 0.496. The highest BCUT2D eigenvalue weighted by Crippen LogP contribution is 2.15. The minimum absolute atomic E-state index is 0.0109. The van der Waals surface area contributed by atoms with Gasteiger partial charge in [0.15, 0.2) is 0 Å². The minimum Gasteiger partial charge on any atom is -0.326 e. The van der Waals surface area contributed by atoms with Gasteiger partial charge in [-0.25, -0.2) is 17.5 Å². The van der Waals surface area contributed by atoms with Crippen molar-refractivity contribution in [1.82, 2.24) is 14.5 Å². The van der Waals surface area contributed by atoms with Crippen molar-refractivity contribution in [3.8, 4) is 0 Å². The third kappa shape index (κ3) is 3.21. The van der Waals surface area contributed by atoms with Crippen molar-refractivity contribution in [2.45, 2.75) is 18.0 Å². The van der Waals surface area contributed by atoms with Gasteiger partial charge in [-0.15, -0.1) is 0 Å². The van der Waals surface area contributed by atoms with Crippen molar-refractivity contribution in [1.29, 1.82) is 0 Å². The van der Waals surface area contributed by atoms with Crippen molar-refractivity contribution in [3.63, 3.8) is 0 Å². The lowest BCUT2D eigenvalue weighted by Gasteiger charge is -2.07. The number of benzene rings is 1. The topological polar surface area (TPSA) is 90.0 Å². The van der Waals surface area contributed by atoms with Crippen molar-refractivity contribution in [2.75, 3.05) is 0 Å². The standard InChI is InChI=1S/C12H15FN4O2S/c1-17-8-9(6-15-17)7-16-20(18,19)11-2-3-12(13)10(4-11)5-14/h2-4,6,8,16H,5,7,14H2,1H3. The summed E-state index contributed by atoms with van der Waals surface area (Å²) in [5.41, 5.74) is 6.26. The van der Waals surface area contributed by atoms with E-state index in [0.717, 1.165) is 11.6 Å². The second-order valence-corrected chi connectivity index (χ2v) is 6.07. The highest BCUT2D eigenvalue weighted by molar-refractivity contribution is 7.89. The van der Waals surface area contributed by atoms with Crippen molar-refractivity contribution >= 4 is 10.0 Å². The van der Waals surface area contributed by atoms with E-state index in [4.69, 9.17) is 5.73 Å². The average molecular weight is 298 g/mol. The zero-order valence-electron chi connectivity index (χ0n) is 10.9. The first kappa shape index (κ1) is 14.6. The third-order valence-corrected chi connectivity index (χ3v) is 4.17. The summed E-state index contributed by atoms with van der Waals surface area (Å²) >= 11 is 0. The monoisotopic (exact) mass is 298 g/mol. The summed E-state index contributed by atoms with van der Waals surface area (Å²) in [7, 11) is -1.97. The summed E-state index contributed by atoms with van der Waals surface area (Å²) in [4.78, 5) is -0.0109. The Hall–Kier alpha value is -1.77. The number of aromatic nitrogens is 2. The maximum absolute atomic E-state index is 13.3. The Morgan fingerprint density at radius 3 is 2.80 bits per heavy atom. The van der Waals surface area contributed by atoms with E-state index >= 15 is 0 Å². The Balaban J connectivity index is 2.17. The molecule has 0 aliphatic carbocycles. The highest BCUT2D eigenvalue weighted by Gasteiger charge is 2.16. The maximum Gasteiger partial charge on any atom is 0.240 e. The Kier molecular flexibility index (Phi) is 4.17. The predicted molar refractivity (Wildman–Crippen MR) is 71.5 cm³/mol. The fourth-order valence-corrected chi connectivity index (χ4v) is 2.77. The van der Waals surface area contributed by atoms with Gasteiger partial charge in [0, 0.05) is 37.5 Å². The molecule has 0 bridgehead atoms. The van der Waals surface area contributed by atoms with E-state index < -0.39 is 15.8 Å². The second kappa shape index (κ2) is 5.70. The molecule has 0 saturated carbocycles. The van der Waals surface area contributed by atoms with Gasteiger partial charge in [-0.1, -0.05) is 0 Å². The van der Waals surface area contributed by atoms with Gasteiger partial charge in [0.1, 0.15) is 5.82 Å². The van der Waals surface area contributed by atoms with E-state index in [1.807, 2.05) is 0 Å². The lowest BCUT2D eigenvalue weighted by atomic mass is 10.2. The van der Waals surface area contributed by atoms with Crippen LogP contribution in [0.25, 0.3) is 0 Å². The maximum atomic E-state index is 13.3. The number of aryl methyl sites for hydroxylation is 1. The zero-order chi connectivity index (χ0) is 14.8. The van der Waals surface area contributed by atoms with Gasteiger partial charge < -0.3 is 5.73 Å². The highest BCUT2D eigenvalue weighted by atomic mass is 32.2. The molecule has 108 valence electrons. The molecule has 0 saturated heterocycles. The van der Waals surface area contributed by atoms with Gasteiger partial charge in [-0.2, -0.15) is 5.10 Å². The summed E-state index contributed by atoms with van der Waals surface area (Å²) < 4.78 is 41.5. The molecule has 0 radical (unpaired) electrons. The van der Waals surface area contributed by atoms with Gasteiger partial charge in [-0.05, 0) is 18.2 Å². The van der Waals surface area contributed by atoms with Crippen LogP contribution in [-0.4, -0.2) is 18.2 Å². The van der Waals surface area contributed by atoms with Crippen LogP contribution in [0.15, 0.2) is 35.5 Å². The van der Waals surface area contributed by atoms with Crippen LogP contribution in [0.1, 0.15) is 11.1 Å². The molecule has 1 aromatic heterocycles. The Bertz CT molecular complexity index is 712. The number of hydrogen-bond acceptors (Lipinski definition) is 4. The van der Waals surface area contributed by atoms with Gasteiger partial charge in [0.25, 0.3) is 0 Å². The van der Waals surface area contributed by atoms with E-state index in [-0.39, 0.29) is 23.5 Å². The zero-order valence-corrected chi connectivity index (χ0v) is 11.7. The van der Waals surface area contributed by atoms with E-state index in [2.05, 4.69) is 9.82 Å². The van der Waals surface area contributed by atoms with Crippen LogP contribution in [0, 0.1) is 5.82 Å². The smallest absolute Gasteiger partial charge is 0.240 e. The van der Waals surface area contributed by atoms with E-state index in [1.165, 1.54) is 12.1 Å². The Labute approximate surface area is 116 Å². The molecule has 20 heavy (non-hydrogen) atoms. The second-order valence-electron chi connectivity index (χ2n) is 4.30. The van der Waals surface area contributed by atoms with Gasteiger partial charge >= 0.3 is 0 Å². The quantitative estimate of drug-likeness (QED) is 0.841. The SMILES string of the molecule is Cn1cc(CNS(=O)(=O)c2ccc(F)c(CN)c2)cn1. The number of hydrogen-bond donors (Lipinski definition) is 2. The minimum atomic E-state index is -3.71. The summed E-state index contributed by atoms with van der Waals surface area (Å²) in [5.74, 6) is -0.515. The first-order chi connectivity index (χ1) is 9.42. The van der Waals surface area contributed by atoms with Crippen LogP contribution >= 0.6 is 0 Å². The van der Waals surface area contributed by atoms with E-state index in [1.54, 1.807) is 24.1 Å². The third-order valence-electron chi connectivity index (χ3n) is 2.77. The van der Waals surface area contributed by atoms with E-state index in [0.29, 0.717) is 0 Å². The number of halogens is 1. The molecule has 8 heteroatoms. The molecule has 0 atom stereocenters. The fourth-order valence-electron chi connectivity index (χ4n) is 1.70. The van der Waals surface area contributed by atoms with Crippen LogP contribution in [0.3, 0.4) is 0 Å². The number of rotatable bonds is 5. The lowest BCUT2D eigenvalue weighted by molar-refractivity contribution is 0.579. The van der Waals surface area contributed by atoms with Gasteiger partial charge in [0.2, 0.25) is 10.0 Å². The molecule has 0 unspecified atom stereocenters. The summed E-state index contributed by atoms with van der Waals surface area (Å²) in [6, 6.07) is 3.54. The van der Waals surface area contributed by atoms with Crippen LogP contribution in [0.5, 0.6) is 0 Å². The molecular weight excluding hydrogens is 283 g/mol. The first-order valence-electron chi connectivity index (χ1n) is 5.88. The largest absolute Gasteiger partial charge is 0.326 e. The van der Waals surface area contributed by atoms with Crippen LogP contribution < -0.4 is 10.5 Å². The van der Waals surface area contributed by atoms with Crippen LogP contribution in [-0.2, 0) is 30.2 Å². The van der Waals surface area contributed by atoms with Gasteiger partial charge in [-0.3, -0.25) is 4.68 Å². The summed E-state index contributed by atoms with van der Waals surface area (Å²) in [6.45, 7) is 0.0588. The summed E-state index contributed by atoms with van der Waals surface area (Å²) in [6.07, 6.45) is 3.27. The molecule has 0 amide bonds. The molecular formula is C12H15FN4O2S. The lowest BCUT2D eigenvalue weighted by Crippen LogP contribution is -2.23. The molecule has 6 nitrogen and oxygen atoms in total. The Morgan fingerprint density at radius 1 is 1.45 bits per heavy atom. The molecule has 0 aliphatic rings. The molecule has 0 fully saturated rings. The van der Waals surface area contributed by atoms with Gasteiger partial charge in [0.05, 0.1) is 11.1 Å². The molecule has 1 aromatic carbocycles. The van der Waals surface area contributed by atoms with E-state index in [9.17, 15) is 12.8 Å². The molecule has 3 N–H and O–H groups in total. The molecule has 0 spiro atoms. The van der Waals surface area contributed by atoms with Crippen molar-refractivity contribution < 1.29 is 12.8 Å². The number of nitrogens with two attached hydrogens (primary N) is 1. The van der Waals surface area contributed by atoms with Crippen LogP contribution in [0.2, 0.25) is 0 Å². The first-order valence-corrected chi connectivity index (χ1v) is 7.36. The summed E-state index contributed by atoms with van der Waals surface area (Å²) in [5, 5.41) is 3.94. The molecule has 2 aromatic rings. The number of sulfonamides is 1. The molecule has 2 rings (SSSR count). The number of nitrogens with zero attached hydrogens (tertiary/aromatic N) is 2. The Morgan fingerprint density at radius 2 is 2.20 bits per heavy atom. The number of nitrogens with one attached hydrogen (secondary N) is 1. The normalized spacial score (nSPS) is 11.8.